The lowest BCUT2D eigenvalue weighted by atomic mass is 10.1. The van der Waals surface area contributed by atoms with E-state index < -0.39 is 35.7 Å². The largest absolute Gasteiger partial charge is 0.481 e. The normalized spacial score (nSPS) is 9.79. The van der Waals surface area contributed by atoms with Gasteiger partial charge in [0.1, 0.15) is 18.2 Å². The molecule has 0 heterocycles. The van der Waals surface area contributed by atoms with Crippen molar-refractivity contribution in [2.24, 2.45) is 0 Å². The summed E-state index contributed by atoms with van der Waals surface area (Å²) < 4.78 is 31.5. The van der Waals surface area contributed by atoms with Crippen molar-refractivity contribution in [2.75, 3.05) is 11.9 Å². The van der Waals surface area contributed by atoms with Gasteiger partial charge in [-0.1, -0.05) is 12.7 Å². The molecule has 0 saturated heterocycles. The minimum Gasteiger partial charge on any atom is -0.481 e. The Hall–Kier alpha value is -2.44. The van der Waals surface area contributed by atoms with Gasteiger partial charge in [0.2, 0.25) is 0 Å². The number of hydrogen-bond acceptors (Lipinski definition) is 3. The smallest absolute Gasteiger partial charge is 0.411 e. The van der Waals surface area contributed by atoms with Crippen LogP contribution in [0.4, 0.5) is 19.3 Å². The first kappa shape index (κ1) is 14.6. The van der Waals surface area contributed by atoms with Crippen LogP contribution in [0.15, 0.2) is 24.8 Å². The van der Waals surface area contributed by atoms with Crippen molar-refractivity contribution in [3.05, 3.63) is 42.0 Å². The van der Waals surface area contributed by atoms with E-state index in [0.717, 1.165) is 12.1 Å². The number of carbonyl (C=O) groups excluding carboxylic acids is 1. The summed E-state index contributed by atoms with van der Waals surface area (Å²) in [7, 11) is 0. The number of halogens is 2. The predicted octanol–water partition coefficient (Wildman–Crippen LogP) is 2.33. The van der Waals surface area contributed by atoms with Crippen LogP contribution in [0.2, 0.25) is 0 Å². The van der Waals surface area contributed by atoms with Gasteiger partial charge >= 0.3 is 12.1 Å². The van der Waals surface area contributed by atoms with Gasteiger partial charge in [-0.2, -0.15) is 0 Å². The SMILES string of the molecule is C=CCOC(=O)Nc1cc(F)c(CC(=O)O)c(F)c1. The highest BCUT2D eigenvalue weighted by Gasteiger charge is 2.15. The van der Waals surface area contributed by atoms with E-state index in [4.69, 9.17) is 5.11 Å². The van der Waals surface area contributed by atoms with Crippen molar-refractivity contribution < 1.29 is 28.2 Å². The molecule has 0 radical (unpaired) electrons. The fraction of sp³-hybridized carbons (Fsp3) is 0.167. The van der Waals surface area contributed by atoms with E-state index >= 15 is 0 Å². The van der Waals surface area contributed by atoms with E-state index in [-0.39, 0.29) is 12.3 Å². The number of ether oxygens (including phenoxy) is 1. The van der Waals surface area contributed by atoms with Crippen molar-refractivity contribution in [2.45, 2.75) is 6.42 Å². The molecule has 1 amide bonds. The van der Waals surface area contributed by atoms with Gasteiger partial charge in [0.25, 0.3) is 0 Å². The molecule has 0 spiro atoms. The Labute approximate surface area is 107 Å². The Balaban J connectivity index is 2.85. The molecule has 102 valence electrons. The molecular weight excluding hydrogens is 260 g/mol. The molecule has 0 fully saturated rings. The van der Waals surface area contributed by atoms with Crippen LogP contribution in [-0.4, -0.2) is 23.8 Å². The quantitative estimate of drug-likeness (QED) is 0.806. The van der Waals surface area contributed by atoms with Gasteiger partial charge in [-0.05, 0) is 12.1 Å². The highest BCUT2D eigenvalue weighted by molar-refractivity contribution is 5.84. The maximum Gasteiger partial charge on any atom is 0.411 e. The molecule has 1 rings (SSSR count). The van der Waals surface area contributed by atoms with Gasteiger partial charge in [-0.25, -0.2) is 13.6 Å². The monoisotopic (exact) mass is 271 g/mol. The molecule has 5 nitrogen and oxygen atoms in total. The number of amides is 1. The predicted molar refractivity (Wildman–Crippen MR) is 62.9 cm³/mol. The Kier molecular flexibility index (Phi) is 4.99. The standard InChI is InChI=1S/C12H11F2NO4/c1-2-3-19-12(18)15-7-4-9(13)8(6-11(16)17)10(14)5-7/h2,4-5H,1,3,6H2,(H,15,18)(H,16,17). The first-order valence-corrected chi connectivity index (χ1v) is 5.18. The van der Waals surface area contributed by atoms with Crippen molar-refractivity contribution >= 4 is 17.7 Å². The zero-order chi connectivity index (χ0) is 14.4. The van der Waals surface area contributed by atoms with Crippen LogP contribution < -0.4 is 5.32 Å². The van der Waals surface area contributed by atoms with Gasteiger partial charge < -0.3 is 9.84 Å². The zero-order valence-corrected chi connectivity index (χ0v) is 9.78. The fourth-order valence-corrected chi connectivity index (χ4v) is 1.28. The first-order chi connectivity index (χ1) is 8.93. The molecule has 1 aromatic carbocycles. The van der Waals surface area contributed by atoms with E-state index in [1.165, 1.54) is 6.08 Å². The summed E-state index contributed by atoms with van der Waals surface area (Å²) in [5.41, 5.74) is -0.740. The molecule has 0 unspecified atom stereocenters. The molecule has 0 atom stereocenters. The number of benzene rings is 1. The summed E-state index contributed by atoms with van der Waals surface area (Å²) in [6.45, 7) is 3.28. The van der Waals surface area contributed by atoms with E-state index in [0.29, 0.717) is 0 Å². The number of anilines is 1. The number of carbonyl (C=O) groups is 2. The van der Waals surface area contributed by atoms with E-state index in [2.05, 4.69) is 16.6 Å². The Bertz CT molecular complexity index is 493. The summed E-state index contributed by atoms with van der Waals surface area (Å²) in [6.07, 6.45) is -0.347. The van der Waals surface area contributed by atoms with Crippen LogP contribution in [0, 0.1) is 11.6 Å². The van der Waals surface area contributed by atoms with Gasteiger partial charge in [-0.15, -0.1) is 0 Å². The number of rotatable bonds is 5. The highest BCUT2D eigenvalue weighted by Crippen LogP contribution is 2.19. The van der Waals surface area contributed by atoms with Crippen molar-refractivity contribution in [1.82, 2.24) is 0 Å². The zero-order valence-electron chi connectivity index (χ0n) is 9.78. The Morgan fingerprint density at radius 1 is 1.37 bits per heavy atom. The lowest BCUT2D eigenvalue weighted by Crippen LogP contribution is -2.14. The molecule has 19 heavy (non-hydrogen) atoms. The minimum absolute atomic E-state index is 0.0477. The maximum atomic E-state index is 13.5. The molecule has 2 N–H and O–H groups in total. The van der Waals surface area contributed by atoms with Crippen LogP contribution in [0.3, 0.4) is 0 Å². The van der Waals surface area contributed by atoms with Crippen LogP contribution in [0.1, 0.15) is 5.56 Å². The maximum absolute atomic E-state index is 13.5. The summed E-state index contributed by atoms with van der Waals surface area (Å²) >= 11 is 0. The summed E-state index contributed by atoms with van der Waals surface area (Å²) in [6, 6.07) is 1.63. The van der Waals surface area contributed by atoms with Gasteiger partial charge in [0, 0.05) is 11.3 Å². The van der Waals surface area contributed by atoms with Crippen LogP contribution in [-0.2, 0) is 16.0 Å². The summed E-state index contributed by atoms with van der Waals surface area (Å²) in [5, 5.41) is 10.6. The van der Waals surface area contributed by atoms with Crippen LogP contribution in [0.25, 0.3) is 0 Å². The third-order valence-corrected chi connectivity index (χ3v) is 2.05. The first-order valence-electron chi connectivity index (χ1n) is 5.18. The molecular formula is C12H11F2NO4. The molecule has 0 aromatic heterocycles. The molecule has 7 heteroatoms. The van der Waals surface area contributed by atoms with Crippen LogP contribution >= 0.6 is 0 Å². The van der Waals surface area contributed by atoms with Crippen molar-refractivity contribution in [3.8, 4) is 0 Å². The third kappa shape index (κ3) is 4.38. The molecule has 0 aliphatic carbocycles. The molecule has 0 aliphatic rings. The van der Waals surface area contributed by atoms with E-state index in [1.54, 1.807) is 0 Å². The Morgan fingerprint density at radius 3 is 2.42 bits per heavy atom. The number of carboxylic acid groups (broad SMARTS) is 1. The lowest BCUT2D eigenvalue weighted by Gasteiger charge is -2.08. The molecule has 0 aliphatic heterocycles. The second-order valence-corrected chi connectivity index (χ2v) is 3.50. The third-order valence-electron chi connectivity index (χ3n) is 2.05. The summed E-state index contributed by atoms with van der Waals surface area (Å²) in [5.74, 6) is -3.47. The van der Waals surface area contributed by atoms with Gasteiger partial charge in [0.05, 0.1) is 6.42 Å². The van der Waals surface area contributed by atoms with Crippen LogP contribution in [0.5, 0.6) is 0 Å². The number of hydrogen-bond donors (Lipinski definition) is 2. The van der Waals surface area contributed by atoms with E-state index in [9.17, 15) is 18.4 Å². The fourth-order valence-electron chi connectivity index (χ4n) is 1.28. The topological polar surface area (TPSA) is 75.6 Å². The number of carboxylic acids is 1. The minimum atomic E-state index is -1.36. The number of aliphatic carboxylic acids is 1. The van der Waals surface area contributed by atoms with Crippen molar-refractivity contribution in [1.29, 1.82) is 0 Å². The number of nitrogens with one attached hydrogen (secondary N) is 1. The molecule has 0 bridgehead atoms. The van der Waals surface area contributed by atoms with E-state index in [1.807, 2.05) is 0 Å². The second kappa shape index (κ2) is 6.48. The average Bonchev–Trinajstić information content (AvgIpc) is 2.31. The van der Waals surface area contributed by atoms with Gasteiger partial charge in [-0.3, -0.25) is 10.1 Å². The second-order valence-electron chi connectivity index (χ2n) is 3.50. The Morgan fingerprint density at radius 2 is 1.95 bits per heavy atom. The molecule has 0 saturated carbocycles. The van der Waals surface area contributed by atoms with Gasteiger partial charge in [0.15, 0.2) is 0 Å². The molecule has 1 aromatic rings. The summed E-state index contributed by atoms with van der Waals surface area (Å²) in [4.78, 5) is 21.6. The lowest BCUT2D eigenvalue weighted by molar-refractivity contribution is -0.136. The average molecular weight is 271 g/mol. The van der Waals surface area contributed by atoms with Crippen molar-refractivity contribution in [3.63, 3.8) is 0 Å². The highest BCUT2D eigenvalue weighted by atomic mass is 19.1.